The largest absolute Gasteiger partial charge is 0.386 e. The lowest BCUT2D eigenvalue weighted by Gasteiger charge is -2.28. The fraction of sp³-hybridized carbons (Fsp3) is 1.00. The van der Waals surface area contributed by atoms with Crippen LogP contribution in [0.25, 0.3) is 0 Å². The highest BCUT2D eigenvalue weighted by molar-refractivity contribution is 4.92. The fourth-order valence-electron chi connectivity index (χ4n) is 1.64. The first kappa shape index (κ1) is 11.0. The first-order chi connectivity index (χ1) is 6.04. The average Bonchev–Trinajstić information content (AvgIpc) is 2.49. The number of hydrogen-bond donors (Lipinski definition) is 2. The van der Waals surface area contributed by atoms with Gasteiger partial charge in [0.2, 0.25) is 0 Å². The van der Waals surface area contributed by atoms with Crippen LogP contribution in [0.4, 0.5) is 0 Å². The van der Waals surface area contributed by atoms with Crippen molar-refractivity contribution in [2.45, 2.75) is 44.8 Å². The molecule has 3 N–H and O–H groups in total. The van der Waals surface area contributed by atoms with Gasteiger partial charge in [-0.05, 0) is 18.8 Å². The summed E-state index contributed by atoms with van der Waals surface area (Å²) in [4.78, 5) is 0. The van der Waals surface area contributed by atoms with Gasteiger partial charge in [0.1, 0.15) is 5.60 Å². The third-order valence-corrected chi connectivity index (χ3v) is 2.78. The SMILES string of the molecule is CC(C)CCC(N)C1(O)CCOC1. The molecule has 1 saturated heterocycles. The molecule has 1 rings (SSSR count). The Morgan fingerprint density at radius 3 is 2.62 bits per heavy atom. The smallest absolute Gasteiger partial charge is 0.105 e. The number of rotatable bonds is 4. The van der Waals surface area contributed by atoms with Crippen molar-refractivity contribution in [2.75, 3.05) is 13.2 Å². The van der Waals surface area contributed by atoms with Crippen molar-refractivity contribution in [3.63, 3.8) is 0 Å². The second-order valence-electron chi connectivity index (χ2n) is 4.48. The molecule has 3 nitrogen and oxygen atoms in total. The van der Waals surface area contributed by atoms with Crippen molar-refractivity contribution in [1.82, 2.24) is 0 Å². The summed E-state index contributed by atoms with van der Waals surface area (Å²) in [5.41, 5.74) is 5.18. The van der Waals surface area contributed by atoms with E-state index < -0.39 is 5.60 Å². The Hall–Kier alpha value is -0.120. The van der Waals surface area contributed by atoms with Gasteiger partial charge < -0.3 is 15.6 Å². The molecule has 0 radical (unpaired) electrons. The summed E-state index contributed by atoms with van der Waals surface area (Å²) >= 11 is 0. The highest BCUT2D eigenvalue weighted by Crippen LogP contribution is 2.24. The van der Waals surface area contributed by atoms with Gasteiger partial charge >= 0.3 is 0 Å². The molecule has 0 saturated carbocycles. The minimum atomic E-state index is -0.755. The van der Waals surface area contributed by atoms with Gasteiger partial charge in [-0.25, -0.2) is 0 Å². The van der Waals surface area contributed by atoms with Crippen molar-refractivity contribution in [2.24, 2.45) is 11.7 Å². The molecule has 1 heterocycles. The molecular formula is C10H21NO2. The zero-order valence-corrected chi connectivity index (χ0v) is 8.62. The zero-order valence-electron chi connectivity index (χ0n) is 8.62. The molecule has 0 aromatic rings. The molecule has 0 spiro atoms. The maximum Gasteiger partial charge on any atom is 0.105 e. The Morgan fingerprint density at radius 2 is 2.15 bits per heavy atom. The number of nitrogens with two attached hydrogens (primary N) is 1. The molecular weight excluding hydrogens is 166 g/mol. The van der Waals surface area contributed by atoms with Gasteiger partial charge in [-0.3, -0.25) is 0 Å². The third kappa shape index (κ3) is 2.93. The molecule has 1 fully saturated rings. The molecule has 1 aliphatic rings. The Balaban J connectivity index is 2.33. The molecule has 1 aliphatic heterocycles. The van der Waals surface area contributed by atoms with Gasteiger partial charge in [0.05, 0.1) is 6.61 Å². The predicted molar refractivity (Wildman–Crippen MR) is 52.4 cm³/mol. The molecule has 0 bridgehead atoms. The fourth-order valence-corrected chi connectivity index (χ4v) is 1.64. The van der Waals surface area contributed by atoms with E-state index in [9.17, 15) is 5.11 Å². The Kier molecular flexibility index (Phi) is 3.71. The van der Waals surface area contributed by atoms with Crippen LogP contribution < -0.4 is 5.73 Å². The van der Waals surface area contributed by atoms with Gasteiger partial charge in [-0.2, -0.15) is 0 Å². The van der Waals surface area contributed by atoms with Crippen molar-refractivity contribution in [1.29, 1.82) is 0 Å². The summed E-state index contributed by atoms with van der Waals surface area (Å²) in [5, 5.41) is 10.0. The van der Waals surface area contributed by atoms with Crippen molar-refractivity contribution in [3.05, 3.63) is 0 Å². The monoisotopic (exact) mass is 187 g/mol. The van der Waals surface area contributed by atoms with Crippen molar-refractivity contribution in [3.8, 4) is 0 Å². The minimum Gasteiger partial charge on any atom is -0.386 e. The van der Waals surface area contributed by atoms with E-state index in [1.165, 1.54) is 0 Å². The summed E-state index contributed by atoms with van der Waals surface area (Å²) in [7, 11) is 0. The summed E-state index contributed by atoms with van der Waals surface area (Å²) in [6.07, 6.45) is 2.65. The van der Waals surface area contributed by atoms with E-state index >= 15 is 0 Å². The topological polar surface area (TPSA) is 55.5 Å². The van der Waals surface area contributed by atoms with E-state index in [1.807, 2.05) is 0 Å². The van der Waals surface area contributed by atoms with Gasteiger partial charge in [0.15, 0.2) is 0 Å². The molecule has 13 heavy (non-hydrogen) atoms. The molecule has 0 aromatic heterocycles. The first-order valence-corrected chi connectivity index (χ1v) is 5.10. The van der Waals surface area contributed by atoms with E-state index in [4.69, 9.17) is 10.5 Å². The number of aliphatic hydroxyl groups is 1. The van der Waals surface area contributed by atoms with E-state index in [0.29, 0.717) is 25.6 Å². The molecule has 0 amide bonds. The van der Waals surface area contributed by atoms with Crippen LogP contribution in [0.2, 0.25) is 0 Å². The summed E-state index contributed by atoms with van der Waals surface area (Å²) < 4.78 is 5.16. The average molecular weight is 187 g/mol. The first-order valence-electron chi connectivity index (χ1n) is 5.10. The van der Waals surface area contributed by atoms with E-state index in [0.717, 1.165) is 12.8 Å². The van der Waals surface area contributed by atoms with Crippen LogP contribution in [0.15, 0.2) is 0 Å². The van der Waals surface area contributed by atoms with Crippen LogP contribution >= 0.6 is 0 Å². The highest BCUT2D eigenvalue weighted by Gasteiger charge is 2.37. The van der Waals surface area contributed by atoms with Crippen LogP contribution in [0, 0.1) is 5.92 Å². The predicted octanol–water partition coefficient (Wildman–Crippen LogP) is 0.901. The van der Waals surface area contributed by atoms with E-state index in [-0.39, 0.29) is 6.04 Å². The maximum absolute atomic E-state index is 10.0. The lowest BCUT2D eigenvalue weighted by molar-refractivity contribution is 0.000806. The summed E-state index contributed by atoms with van der Waals surface area (Å²) in [5.74, 6) is 0.650. The molecule has 78 valence electrons. The second kappa shape index (κ2) is 4.40. The minimum absolute atomic E-state index is 0.127. The molecule has 0 aliphatic carbocycles. The Labute approximate surface area is 80.3 Å². The van der Waals surface area contributed by atoms with Crippen LogP contribution in [-0.4, -0.2) is 30.0 Å². The molecule has 3 heteroatoms. The maximum atomic E-state index is 10.0. The van der Waals surface area contributed by atoms with Gasteiger partial charge in [0, 0.05) is 19.1 Å². The summed E-state index contributed by atoms with van der Waals surface area (Å²) in [6.45, 7) is 5.39. The van der Waals surface area contributed by atoms with E-state index in [1.54, 1.807) is 0 Å². The lowest BCUT2D eigenvalue weighted by Crippen LogP contribution is -2.48. The van der Waals surface area contributed by atoms with E-state index in [2.05, 4.69) is 13.8 Å². The number of hydrogen-bond acceptors (Lipinski definition) is 3. The summed E-state index contributed by atoms with van der Waals surface area (Å²) in [6, 6.07) is -0.127. The van der Waals surface area contributed by atoms with Gasteiger partial charge in [0.25, 0.3) is 0 Å². The molecule has 2 atom stereocenters. The Bertz CT molecular complexity index is 153. The van der Waals surface area contributed by atoms with Crippen LogP contribution in [-0.2, 0) is 4.74 Å². The van der Waals surface area contributed by atoms with Crippen molar-refractivity contribution < 1.29 is 9.84 Å². The second-order valence-corrected chi connectivity index (χ2v) is 4.48. The highest BCUT2D eigenvalue weighted by atomic mass is 16.5. The zero-order chi connectivity index (χ0) is 9.90. The quantitative estimate of drug-likeness (QED) is 0.687. The van der Waals surface area contributed by atoms with Crippen LogP contribution in [0.3, 0.4) is 0 Å². The third-order valence-electron chi connectivity index (χ3n) is 2.78. The number of ether oxygens (including phenoxy) is 1. The Morgan fingerprint density at radius 1 is 1.46 bits per heavy atom. The molecule has 2 unspecified atom stereocenters. The lowest BCUT2D eigenvalue weighted by atomic mass is 9.89. The van der Waals surface area contributed by atoms with Gasteiger partial charge in [-0.15, -0.1) is 0 Å². The van der Waals surface area contributed by atoms with Crippen LogP contribution in [0.5, 0.6) is 0 Å². The van der Waals surface area contributed by atoms with Crippen molar-refractivity contribution >= 4 is 0 Å². The standard InChI is InChI=1S/C10H21NO2/c1-8(2)3-4-9(11)10(12)5-6-13-7-10/h8-9,12H,3-7,11H2,1-2H3. The van der Waals surface area contributed by atoms with Crippen LogP contribution in [0.1, 0.15) is 33.1 Å². The molecule has 0 aromatic carbocycles. The normalized spacial score (nSPS) is 31.2. The van der Waals surface area contributed by atoms with Gasteiger partial charge in [-0.1, -0.05) is 13.8 Å².